The number of ether oxygens (including phenoxy) is 3. The second kappa shape index (κ2) is 40.4. The summed E-state index contributed by atoms with van der Waals surface area (Å²) in [5.41, 5.74) is 48.6. The third kappa shape index (κ3) is 30.4. The fraction of sp³-hybridized carbons (Fsp3) is 0.447. The highest BCUT2D eigenvalue weighted by Crippen LogP contribution is 2.32. The molecule has 59 heavy (non-hydrogen) atoms. The summed E-state index contributed by atoms with van der Waals surface area (Å²) in [5.74, 6) is 3.32. The first-order valence-corrected chi connectivity index (χ1v) is 20.6. The largest absolute Gasteiger partial charge is 0.468 e. The topological polar surface area (TPSA) is 249 Å². The minimum absolute atomic E-state index is 0.159. The van der Waals surface area contributed by atoms with Crippen LogP contribution in [0.15, 0.2) is 114 Å². The Hall–Kier alpha value is -4.34. The van der Waals surface area contributed by atoms with Gasteiger partial charge < -0.3 is 64.5 Å². The first kappa shape index (κ1) is 56.8. The molecule has 0 radical (unpaired) electrons. The van der Waals surface area contributed by atoms with Crippen molar-refractivity contribution in [1.82, 2.24) is 0 Å². The molecule has 0 saturated carbocycles. The second-order valence-electron chi connectivity index (χ2n) is 13.4. The molecule has 12 heteroatoms. The van der Waals surface area contributed by atoms with E-state index in [0.29, 0.717) is 39.6 Å². The molecule has 0 amide bonds. The van der Waals surface area contributed by atoms with Gasteiger partial charge in [-0.15, -0.1) is 6.58 Å². The van der Waals surface area contributed by atoms with Crippen LogP contribution in [0.1, 0.15) is 87.4 Å². The lowest BCUT2D eigenvalue weighted by Gasteiger charge is -2.02. The van der Waals surface area contributed by atoms with Gasteiger partial charge in [0.15, 0.2) is 11.5 Å². The molecular weight excluding hydrogens is 741 g/mol. The smallest absolute Gasteiger partial charge is 0.231 e. The van der Waals surface area contributed by atoms with Gasteiger partial charge in [-0.05, 0) is 110 Å². The summed E-state index contributed by atoms with van der Waals surface area (Å²) < 4.78 is 19.7. The number of benzene rings is 3. The van der Waals surface area contributed by atoms with E-state index < -0.39 is 0 Å². The molecule has 0 bridgehead atoms. The van der Waals surface area contributed by atoms with Gasteiger partial charge in [0, 0.05) is 32.8 Å². The van der Waals surface area contributed by atoms with Gasteiger partial charge in [-0.3, -0.25) is 0 Å². The number of methoxy groups -OCH3 is 1. The van der Waals surface area contributed by atoms with Crippen LogP contribution in [0.25, 0.3) is 5.57 Å². The molecule has 1 atom stereocenters. The van der Waals surface area contributed by atoms with Gasteiger partial charge in [-0.1, -0.05) is 100 Å². The highest BCUT2D eigenvalue weighted by atomic mass is 16.7. The number of nitrogens with two attached hydrogens (primary N) is 8. The molecule has 16 N–H and O–H groups in total. The molecule has 12 nitrogen and oxygen atoms in total. The minimum atomic E-state index is 0.159. The Balaban J connectivity index is 0. The molecule has 1 aliphatic heterocycles. The maximum atomic E-state index is 5.61. The predicted molar refractivity (Wildman–Crippen MR) is 251 cm³/mol. The van der Waals surface area contributed by atoms with Crippen LogP contribution in [-0.2, 0) is 24.2 Å². The van der Waals surface area contributed by atoms with Crippen molar-refractivity contribution in [3.63, 3.8) is 0 Å². The molecule has 2 heterocycles. The average molecular weight is 821 g/mol. The third-order valence-electron chi connectivity index (χ3n) is 8.09. The Kier molecular flexibility index (Phi) is 38.9. The average Bonchev–Trinajstić information content (AvgIpc) is 4.07. The van der Waals surface area contributed by atoms with E-state index in [4.69, 9.17) is 59.8 Å². The van der Waals surface area contributed by atoms with E-state index >= 15 is 0 Å². The number of rotatable bonds is 12. The van der Waals surface area contributed by atoms with Crippen LogP contribution < -0.4 is 55.3 Å². The lowest BCUT2D eigenvalue weighted by atomic mass is 10.0. The lowest BCUT2D eigenvalue weighted by Crippen LogP contribution is -2.05. The van der Waals surface area contributed by atoms with Crippen LogP contribution >= 0.6 is 0 Å². The van der Waals surface area contributed by atoms with E-state index in [1.165, 1.54) is 28.7 Å². The standard InChI is InChI=1S/C11H13N.C8H9NO2.C8H11N.C5H7NO.C5H12.C4H12N2.C3H9NO.C3H7N/c12-8-7-10-6-5-9-3-1-2-4-11(9)10;9-4-6-1-2-7-8(3-6)11-5-10-7;1-7(9)8-5-3-2-4-6-8;6-4-5-2-1-3-7-5;1-4-5(2)3;5-3-1-2-4-6;1-5-3-2-4;1-2-3-4/h1-4,6H,5,7-8,12H2;1-3H,4-5,9H2;2-7H,9H2,1H3;1-3H,4,6H2;5H,4H2,1-3H3;1-6H2;2-4H2,1H3;2H,1,3-4H2/t;;7-;;;;;/m..1...../s1. The maximum Gasteiger partial charge on any atom is 0.231 e. The SMILES string of the molecule is C=CCN.CCC(C)C.COCCN.C[C@@H](N)c1ccccc1.NCCC1=CCc2ccccc21.NCCCCN.NCc1ccc2c(c1)OCO2.NCc1ccco1. The second-order valence-corrected chi connectivity index (χ2v) is 13.4. The highest BCUT2D eigenvalue weighted by molar-refractivity contribution is 5.72. The summed E-state index contributed by atoms with van der Waals surface area (Å²) in [5, 5.41) is 0. The fourth-order valence-electron chi connectivity index (χ4n) is 4.41. The van der Waals surface area contributed by atoms with Crippen LogP contribution in [0.5, 0.6) is 11.5 Å². The van der Waals surface area contributed by atoms with Crippen LogP contribution in [0, 0.1) is 5.92 Å². The van der Waals surface area contributed by atoms with Crippen molar-refractivity contribution >= 4 is 5.57 Å². The molecule has 0 fully saturated rings. The Morgan fingerprint density at radius 3 is 1.78 bits per heavy atom. The van der Waals surface area contributed by atoms with Crippen molar-refractivity contribution in [1.29, 1.82) is 0 Å². The molecule has 0 unspecified atom stereocenters. The normalized spacial score (nSPS) is 11.4. The molecule has 1 aromatic heterocycles. The van der Waals surface area contributed by atoms with Gasteiger partial charge in [0.1, 0.15) is 5.76 Å². The van der Waals surface area contributed by atoms with E-state index in [-0.39, 0.29) is 6.04 Å². The summed E-state index contributed by atoms with van der Waals surface area (Å²) in [6.45, 7) is 17.5. The van der Waals surface area contributed by atoms with Gasteiger partial charge in [-0.2, -0.15) is 0 Å². The van der Waals surface area contributed by atoms with E-state index in [1.807, 2.05) is 67.6 Å². The van der Waals surface area contributed by atoms with E-state index in [0.717, 1.165) is 74.1 Å². The molecule has 0 saturated heterocycles. The summed E-state index contributed by atoms with van der Waals surface area (Å²) >= 11 is 0. The highest BCUT2D eigenvalue weighted by Gasteiger charge is 2.12. The summed E-state index contributed by atoms with van der Waals surface area (Å²) in [6.07, 6.45) is 11.1. The van der Waals surface area contributed by atoms with Gasteiger partial charge in [-0.25, -0.2) is 0 Å². The van der Waals surface area contributed by atoms with Crippen LogP contribution in [0.4, 0.5) is 0 Å². The van der Waals surface area contributed by atoms with Crippen molar-refractivity contribution in [3.05, 3.63) is 138 Å². The molecule has 0 spiro atoms. The maximum absolute atomic E-state index is 5.61. The number of fused-ring (bicyclic) bond motifs is 2. The number of allylic oxidation sites excluding steroid dienone is 1. The molecule has 332 valence electrons. The first-order valence-electron chi connectivity index (χ1n) is 20.6. The van der Waals surface area contributed by atoms with Crippen molar-refractivity contribution in [3.8, 4) is 11.5 Å². The lowest BCUT2D eigenvalue weighted by molar-refractivity contribution is 0.174. The van der Waals surface area contributed by atoms with E-state index in [9.17, 15) is 0 Å². The van der Waals surface area contributed by atoms with Crippen LogP contribution in [0.3, 0.4) is 0 Å². The first-order chi connectivity index (χ1) is 28.6. The number of hydrogen-bond acceptors (Lipinski definition) is 12. The Morgan fingerprint density at radius 1 is 0.746 bits per heavy atom. The monoisotopic (exact) mass is 821 g/mol. The van der Waals surface area contributed by atoms with E-state index in [1.54, 1.807) is 19.4 Å². The van der Waals surface area contributed by atoms with Gasteiger partial charge in [0.25, 0.3) is 0 Å². The fourth-order valence-corrected chi connectivity index (χ4v) is 4.41. The quantitative estimate of drug-likeness (QED) is 0.0546. The zero-order chi connectivity index (χ0) is 44.5. The Morgan fingerprint density at radius 2 is 1.36 bits per heavy atom. The summed E-state index contributed by atoms with van der Waals surface area (Å²) in [7, 11) is 1.63. The predicted octanol–water partition coefficient (Wildman–Crippen LogP) is 6.75. The molecule has 6 rings (SSSR count). The van der Waals surface area contributed by atoms with Crippen molar-refractivity contribution in [2.75, 3.05) is 53.2 Å². The number of hydrogen-bond donors (Lipinski definition) is 8. The van der Waals surface area contributed by atoms with Crippen molar-refractivity contribution in [2.45, 2.75) is 78.9 Å². The van der Waals surface area contributed by atoms with Gasteiger partial charge in [0.05, 0.1) is 19.4 Å². The van der Waals surface area contributed by atoms with Gasteiger partial charge >= 0.3 is 0 Å². The molecule has 2 aliphatic rings. The molecular formula is C47H80N8O4. The van der Waals surface area contributed by atoms with Crippen molar-refractivity contribution in [2.24, 2.45) is 51.8 Å². The zero-order valence-corrected chi connectivity index (χ0v) is 36.8. The van der Waals surface area contributed by atoms with Gasteiger partial charge in [0.2, 0.25) is 6.79 Å². The van der Waals surface area contributed by atoms with E-state index in [2.05, 4.69) is 62.4 Å². The Bertz CT molecular complexity index is 1530. The molecule has 4 aromatic rings. The number of unbranched alkanes of at least 4 members (excludes halogenated alkanes) is 1. The summed E-state index contributed by atoms with van der Waals surface area (Å²) in [6, 6.07) is 28.2. The zero-order valence-electron chi connectivity index (χ0n) is 36.8. The minimum Gasteiger partial charge on any atom is -0.468 e. The van der Waals surface area contributed by atoms with Crippen molar-refractivity contribution < 1.29 is 18.6 Å². The third-order valence-corrected chi connectivity index (χ3v) is 8.09. The Labute approximate surface area is 356 Å². The van der Waals surface area contributed by atoms with Crippen LogP contribution in [0.2, 0.25) is 0 Å². The molecule has 1 aliphatic carbocycles. The number of furan rings is 1. The van der Waals surface area contributed by atoms with Crippen LogP contribution in [-0.4, -0.2) is 53.2 Å². The molecule has 3 aromatic carbocycles. The summed E-state index contributed by atoms with van der Waals surface area (Å²) in [4.78, 5) is 0.